The number of rotatable bonds is 3. The summed E-state index contributed by atoms with van der Waals surface area (Å²) < 4.78 is 0. The molecule has 0 aliphatic rings. The Labute approximate surface area is 60.8 Å². The lowest BCUT2D eigenvalue weighted by molar-refractivity contribution is 0.476. The molecule has 0 aromatic carbocycles. The van der Waals surface area contributed by atoms with Crippen LogP contribution >= 0.6 is 15.9 Å². The molecule has 0 amide bonds. The van der Waals surface area contributed by atoms with Crippen LogP contribution in [0.4, 0.5) is 0 Å². The summed E-state index contributed by atoms with van der Waals surface area (Å²) in [5.41, 5.74) is 0. The Kier molecular flexibility index (Phi) is 4.63. The maximum absolute atomic E-state index is 3.44. The first-order chi connectivity index (χ1) is 3.66. The van der Waals surface area contributed by atoms with Crippen LogP contribution in [0.15, 0.2) is 0 Å². The summed E-state index contributed by atoms with van der Waals surface area (Å²) in [6.07, 6.45) is 1.34. The van der Waals surface area contributed by atoms with Crippen molar-refractivity contribution in [2.24, 2.45) is 11.8 Å². The molecule has 0 aliphatic heterocycles. The van der Waals surface area contributed by atoms with Gasteiger partial charge >= 0.3 is 0 Å². The normalized spacial score (nSPS) is 14.6. The van der Waals surface area contributed by atoms with Crippen molar-refractivity contribution in [1.82, 2.24) is 0 Å². The Bertz CT molecular complexity index is 50.3. The fourth-order valence-corrected chi connectivity index (χ4v) is 1.13. The molecule has 0 nitrogen and oxygen atoms in total. The zero-order valence-corrected chi connectivity index (χ0v) is 7.53. The molecule has 8 heavy (non-hydrogen) atoms. The smallest absolute Gasteiger partial charge is 0.00571 e. The van der Waals surface area contributed by atoms with E-state index < -0.39 is 0 Å². The molecule has 0 N–H and O–H groups in total. The van der Waals surface area contributed by atoms with E-state index in [-0.39, 0.29) is 0 Å². The molecule has 1 heteroatoms. The summed E-state index contributed by atoms with van der Waals surface area (Å²) >= 11 is 3.44. The summed E-state index contributed by atoms with van der Waals surface area (Å²) in [6, 6.07) is 0. The second kappa shape index (κ2) is 4.37. The fourth-order valence-electron chi connectivity index (χ4n) is 0.868. The van der Waals surface area contributed by atoms with Gasteiger partial charge in [-0.25, -0.2) is 0 Å². The molecule has 1 atom stereocenters. The van der Waals surface area contributed by atoms with Crippen LogP contribution in [0.2, 0.25) is 0 Å². The van der Waals surface area contributed by atoms with Gasteiger partial charge in [0.25, 0.3) is 0 Å². The number of hydrogen-bond acceptors (Lipinski definition) is 0. The average molecular weight is 179 g/mol. The van der Waals surface area contributed by atoms with Gasteiger partial charge in [0.2, 0.25) is 0 Å². The van der Waals surface area contributed by atoms with Crippen molar-refractivity contribution in [3.8, 4) is 0 Å². The second-order valence-corrected chi connectivity index (χ2v) is 3.54. The van der Waals surface area contributed by atoms with Gasteiger partial charge in [-0.1, -0.05) is 36.7 Å². The maximum Gasteiger partial charge on any atom is 0.00571 e. The molecule has 0 spiro atoms. The van der Waals surface area contributed by atoms with Crippen LogP contribution in [0.3, 0.4) is 0 Å². The first kappa shape index (κ1) is 8.48. The molecule has 0 aliphatic carbocycles. The standard InChI is InChI=1S/C7H15Br/c1-6(2)4-7(3)5-8/h6-7H,4-5H2,1-3H3/t7-/m1/s1. The highest BCUT2D eigenvalue weighted by atomic mass is 79.9. The van der Waals surface area contributed by atoms with Crippen LogP contribution in [-0.4, -0.2) is 5.33 Å². The van der Waals surface area contributed by atoms with E-state index in [1.165, 1.54) is 6.42 Å². The Morgan fingerprint density at radius 1 is 1.25 bits per heavy atom. The molecule has 0 aromatic heterocycles. The maximum atomic E-state index is 3.44. The minimum Gasteiger partial charge on any atom is -0.0925 e. The van der Waals surface area contributed by atoms with Gasteiger partial charge in [-0.05, 0) is 18.3 Å². The molecule has 0 unspecified atom stereocenters. The van der Waals surface area contributed by atoms with E-state index in [0.717, 1.165) is 17.2 Å². The molecule has 0 radical (unpaired) electrons. The zero-order chi connectivity index (χ0) is 6.57. The van der Waals surface area contributed by atoms with Crippen LogP contribution in [0.1, 0.15) is 27.2 Å². The Balaban J connectivity index is 3.10. The van der Waals surface area contributed by atoms with Gasteiger partial charge in [-0.2, -0.15) is 0 Å². The predicted octanol–water partition coefficient (Wildman–Crippen LogP) is 3.06. The molecule has 0 fully saturated rings. The van der Waals surface area contributed by atoms with Crippen molar-refractivity contribution < 1.29 is 0 Å². The van der Waals surface area contributed by atoms with E-state index in [4.69, 9.17) is 0 Å². The quantitative estimate of drug-likeness (QED) is 0.584. The minimum absolute atomic E-state index is 0.843. The third-order valence-corrected chi connectivity index (χ3v) is 2.24. The van der Waals surface area contributed by atoms with Crippen molar-refractivity contribution in [3.05, 3.63) is 0 Å². The minimum atomic E-state index is 0.843. The van der Waals surface area contributed by atoms with Gasteiger partial charge in [0.1, 0.15) is 0 Å². The predicted molar refractivity (Wildman–Crippen MR) is 42.4 cm³/mol. The van der Waals surface area contributed by atoms with Crippen molar-refractivity contribution >= 4 is 15.9 Å². The summed E-state index contributed by atoms with van der Waals surface area (Å²) in [5, 5.41) is 1.14. The lowest BCUT2D eigenvalue weighted by atomic mass is 10.0. The summed E-state index contributed by atoms with van der Waals surface area (Å²) in [5.74, 6) is 1.69. The second-order valence-electron chi connectivity index (χ2n) is 2.89. The molecular formula is C7H15Br. The summed E-state index contributed by atoms with van der Waals surface area (Å²) in [6.45, 7) is 6.80. The summed E-state index contributed by atoms with van der Waals surface area (Å²) in [7, 11) is 0. The molecule has 0 heterocycles. The van der Waals surface area contributed by atoms with Gasteiger partial charge in [0.15, 0.2) is 0 Å². The first-order valence-electron chi connectivity index (χ1n) is 3.22. The molecule has 50 valence electrons. The fraction of sp³-hybridized carbons (Fsp3) is 1.00. The monoisotopic (exact) mass is 178 g/mol. The first-order valence-corrected chi connectivity index (χ1v) is 4.35. The van der Waals surface area contributed by atoms with Gasteiger partial charge in [0.05, 0.1) is 0 Å². The van der Waals surface area contributed by atoms with Gasteiger partial charge in [-0.15, -0.1) is 0 Å². The Morgan fingerprint density at radius 2 is 1.75 bits per heavy atom. The molecule has 0 aromatic rings. The Morgan fingerprint density at radius 3 is 1.88 bits per heavy atom. The van der Waals surface area contributed by atoms with Gasteiger partial charge in [0, 0.05) is 5.33 Å². The molecule has 0 bridgehead atoms. The lowest BCUT2D eigenvalue weighted by Gasteiger charge is -2.08. The highest BCUT2D eigenvalue weighted by Crippen LogP contribution is 2.12. The number of hydrogen-bond donors (Lipinski definition) is 0. The van der Waals surface area contributed by atoms with Crippen molar-refractivity contribution in [1.29, 1.82) is 0 Å². The number of alkyl halides is 1. The largest absolute Gasteiger partial charge is 0.0925 e. The van der Waals surface area contributed by atoms with Crippen LogP contribution in [0, 0.1) is 11.8 Å². The number of halogens is 1. The average Bonchev–Trinajstić information content (AvgIpc) is 1.65. The summed E-state index contributed by atoms with van der Waals surface area (Å²) in [4.78, 5) is 0. The van der Waals surface area contributed by atoms with E-state index >= 15 is 0 Å². The molecular weight excluding hydrogens is 164 g/mol. The highest BCUT2D eigenvalue weighted by molar-refractivity contribution is 9.09. The van der Waals surface area contributed by atoms with Crippen molar-refractivity contribution in [2.45, 2.75) is 27.2 Å². The topological polar surface area (TPSA) is 0 Å². The Hall–Kier alpha value is 0.480. The van der Waals surface area contributed by atoms with Crippen molar-refractivity contribution in [2.75, 3.05) is 5.33 Å². The van der Waals surface area contributed by atoms with E-state index in [1.54, 1.807) is 0 Å². The zero-order valence-electron chi connectivity index (χ0n) is 5.95. The SMILES string of the molecule is CC(C)C[C@@H](C)CBr. The van der Waals surface area contributed by atoms with Gasteiger partial charge in [-0.3, -0.25) is 0 Å². The van der Waals surface area contributed by atoms with Crippen LogP contribution in [-0.2, 0) is 0 Å². The molecule has 0 saturated carbocycles. The van der Waals surface area contributed by atoms with E-state index in [2.05, 4.69) is 36.7 Å². The third kappa shape index (κ3) is 4.63. The van der Waals surface area contributed by atoms with Gasteiger partial charge < -0.3 is 0 Å². The van der Waals surface area contributed by atoms with Crippen LogP contribution < -0.4 is 0 Å². The highest BCUT2D eigenvalue weighted by Gasteiger charge is 2.00. The molecule has 0 saturated heterocycles. The van der Waals surface area contributed by atoms with Crippen LogP contribution in [0.25, 0.3) is 0 Å². The lowest BCUT2D eigenvalue weighted by Crippen LogP contribution is -1.99. The van der Waals surface area contributed by atoms with E-state index in [0.29, 0.717) is 0 Å². The van der Waals surface area contributed by atoms with E-state index in [1.807, 2.05) is 0 Å². The van der Waals surface area contributed by atoms with Crippen molar-refractivity contribution in [3.63, 3.8) is 0 Å². The third-order valence-electron chi connectivity index (χ3n) is 1.14. The van der Waals surface area contributed by atoms with Crippen LogP contribution in [0.5, 0.6) is 0 Å². The molecule has 0 rings (SSSR count). The van der Waals surface area contributed by atoms with E-state index in [9.17, 15) is 0 Å².